The second-order valence-corrected chi connectivity index (χ2v) is 7.00. The molecule has 1 aromatic carbocycles. The molecule has 1 saturated heterocycles. The summed E-state index contributed by atoms with van der Waals surface area (Å²) >= 11 is 6.30. The van der Waals surface area contributed by atoms with Gasteiger partial charge in [-0.05, 0) is 25.5 Å². The molecular formula is C20H21ClN4O3. The van der Waals surface area contributed by atoms with Crippen molar-refractivity contribution in [2.24, 2.45) is 0 Å². The Kier molecular flexibility index (Phi) is 6.00. The molecular weight excluding hydrogens is 380 g/mol. The fourth-order valence-electron chi connectivity index (χ4n) is 3.16. The molecule has 0 aliphatic carbocycles. The summed E-state index contributed by atoms with van der Waals surface area (Å²) in [4.78, 5) is 32.5. The molecule has 8 heteroatoms. The Hall–Kier alpha value is -2.85. The van der Waals surface area contributed by atoms with Crippen LogP contribution >= 0.6 is 11.6 Å². The number of pyridine rings is 1. The number of amides is 2. The number of carbonyl (C=O) groups is 2. The van der Waals surface area contributed by atoms with Gasteiger partial charge >= 0.3 is 6.09 Å². The van der Waals surface area contributed by atoms with Gasteiger partial charge in [-0.25, -0.2) is 4.79 Å². The average molecular weight is 401 g/mol. The highest BCUT2D eigenvalue weighted by atomic mass is 35.5. The number of nitriles is 1. The van der Waals surface area contributed by atoms with Crippen molar-refractivity contribution in [2.75, 3.05) is 32.8 Å². The van der Waals surface area contributed by atoms with Gasteiger partial charge in [0.1, 0.15) is 6.07 Å². The van der Waals surface area contributed by atoms with Crippen LogP contribution in [0.3, 0.4) is 0 Å². The van der Waals surface area contributed by atoms with Crippen LogP contribution in [0.2, 0.25) is 5.02 Å². The van der Waals surface area contributed by atoms with Crippen LogP contribution in [0.25, 0.3) is 10.9 Å². The van der Waals surface area contributed by atoms with E-state index in [1.54, 1.807) is 34.9 Å². The molecule has 1 fully saturated rings. The van der Waals surface area contributed by atoms with Crippen LogP contribution in [0.4, 0.5) is 4.79 Å². The van der Waals surface area contributed by atoms with E-state index in [0.29, 0.717) is 65.5 Å². The Morgan fingerprint density at radius 3 is 2.57 bits per heavy atom. The molecule has 146 valence electrons. The molecule has 0 unspecified atom stereocenters. The predicted octanol–water partition coefficient (Wildman–Crippen LogP) is 3.37. The van der Waals surface area contributed by atoms with Crippen molar-refractivity contribution in [3.05, 3.63) is 40.0 Å². The molecule has 2 aromatic rings. The van der Waals surface area contributed by atoms with Crippen molar-refractivity contribution in [3.8, 4) is 6.07 Å². The molecule has 0 saturated carbocycles. The normalized spacial score (nSPS) is 14.1. The van der Waals surface area contributed by atoms with Gasteiger partial charge in [0.15, 0.2) is 0 Å². The lowest BCUT2D eigenvalue weighted by molar-refractivity contribution is 0.0560. The van der Waals surface area contributed by atoms with E-state index in [2.05, 4.69) is 11.1 Å². The van der Waals surface area contributed by atoms with Crippen molar-refractivity contribution < 1.29 is 14.3 Å². The first kappa shape index (κ1) is 19.9. The molecule has 2 heterocycles. The monoisotopic (exact) mass is 400 g/mol. The van der Waals surface area contributed by atoms with E-state index in [1.165, 1.54) is 0 Å². The van der Waals surface area contributed by atoms with Crippen molar-refractivity contribution >= 4 is 34.5 Å². The lowest BCUT2D eigenvalue weighted by Gasteiger charge is -2.34. The Morgan fingerprint density at radius 1 is 1.25 bits per heavy atom. The van der Waals surface area contributed by atoms with E-state index in [0.717, 1.165) is 6.42 Å². The fraction of sp³-hybridized carbons (Fsp3) is 0.400. The summed E-state index contributed by atoms with van der Waals surface area (Å²) in [5.74, 6) is -0.122. The van der Waals surface area contributed by atoms with Crippen LogP contribution in [-0.4, -0.2) is 59.6 Å². The zero-order valence-corrected chi connectivity index (χ0v) is 16.6. The van der Waals surface area contributed by atoms with Gasteiger partial charge in [-0.15, -0.1) is 0 Å². The standard InChI is InChI=1S/C20H21ClN4O3/c1-3-10-28-20(27)25-8-6-24(7-9-25)19(26)14-4-5-15-17(11-14)23-13(2)16(12-22)18(15)21/h4-5,11H,3,6-10H2,1-2H3. The van der Waals surface area contributed by atoms with Crippen LogP contribution in [0.5, 0.6) is 0 Å². The summed E-state index contributed by atoms with van der Waals surface area (Å²) in [6.45, 7) is 5.83. The van der Waals surface area contributed by atoms with E-state index < -0.39 is 0 Å². The first-order chi connectivity index (χ1) is 13.5. The van der Waals surface area contributed by atoms with Crippen LogP contribution in [0, 0.1) is 18.3 Å². The first-order valence-electron chi connectivity index (χ1n) is 9.17. The highest BCUT2D eigenvalue weighted by Crippen LogP contribution is 2.28. The highest BCUT2D eigenvalue weighted by Gasteiger charge is 2.26. The van der Waals surface area contributed by atoms with Gasteiger partial charge in [-0.3, -0.25) is 9.78 Å². The first-order valence-corrected chi connectivity index (χ1v) is 9.55. The zero-order valence-electron chi connectivity index (χ0n) is 15.9. The maximum Gasteiger partial charge on any atom is 0.409 e. The SMILES string of the molecule is CCCOC(=O)N1CCN(C(=O)c2ccc3c(Cl)c(C#N)c(C)nc3c2)CC1. The Bertz CT molecular complexity index is 962. The number of carbonyl (C=O) groups excluding carboxylic acids is 2. The number of ether oxygens (including phenoxy) is 1. The highest BCUT2D eigenvalue weighted by molar-refractivity contribution is 6.36. The third kappa shape index (κ3) is 3.87. The zero-order chi connectivity index (χ0) is 20.3. The van der Waals surface area contributed by atoms with E-state index in [-0.39, 0.29) is 12.0 Å². The quantitative estimate of drug-likeness (QED) is 0.788. The minimum Gasteiger partial charge on any atom is -0.449 e. The minimum absolute atomic E-state index is 0.122. The molecule has 0 atom stereocenters. The minimum atomic E-state index is -0.331. The molecule has 0 N–H and O–H groups in total. The molecule has 28 heavy (non-hydrogen) atoms. The Morgan fingerprint density at radius 2 is 1.93 bits per heavy atom. The molecule has 1 aromatic heterocycles. The summed E-state index contributed by atoms with van der Waals surface area (Å²) in [7, 11) is 0. The van der Waals surface area contributed by atoms with Crippen LogP contribution in [0.15, 0.2) is 18.2 Å². The average Bonchev–Trinajstić information content (AvgIpc) is 2.71. The Balaban J connectivity index is 1.74. The number of rotatable bonds is 3. The third-order valence-electron chi connectivity index (χ3n) is 4.72. The number of nitrogens with zero attached hydrogens (tertiary/aromatic N) is 4. The topological polar surface area (TPSA) is 86.5 Å². The van der Waals surface area contributed by atoms with Crippen LogP contribution in [0.1, 0.15) is 35.0 Å². The van der Waals surface area contributed by atoms with Gasteiger partial charge < -0.3 is 14.5 Å². The van der Waals surface area contributed by atoms with E-state index >= 15 is 0 Å². The van der Waals surface area contributed by atoms with Gasteiger partial charge in [0.25, 0.3) is 5.91 Å². The van der Waals surface area contributed by atoms with Crippen LogP contribution < -0.4 is 0 Å². The summed E-state index contributed by atoms with van der Waals surface area (Å²) in [6, 6.07) is 7.16. The third-order valence-corrected chi connectivity index (χ3v) is 5.11. The Labute approximate surface area is 168 Å². The van der Waals surface area contributed by atoms with E-state index in [9.17, 15) is 14.9 Å². The van der Waals surface area contributed by atoms with Crippen molar-refractivity contribution in [3.63, 3.8) is 0 Å². The number of fused-ring (bicyclic) bond motifs is 1. The van der Waals surface area contributed by atoms with E-state index in [4.69, 9.17) is 16.3 Å². The summed E-state index contributed by atoms with van der Waals surface area (Å²) < 4.78 is 5.14. The number of hydrogen-bond donors (Lipinski definition) is 0. The second kappa shape index (κ2) is 8.44. The molecule has 1 aliphatic heterocycles. The number of aromatic nitrogens is 1. The largest absolute Gasteiger partial charge is 0.449 e. The molecule has 0 spiro atoms. The van der Waals surface area contributed by atoms with Gasteiger partial charge in [-0.1, -0.05) is 24.6 Å². The smallest absolute Gasteiger partial charge is 0.409 e. The molecule has 7 nitrogen and oxygen atoms in total. The number of piperazine rings is 1. The molecule has 0 radical (unpaired) electrons. The molecule has 3 rings (SSSR count). The van der Waals surface area contributed by atoms with Gasteiger partial charge in [0.2, 0.25) is 0 Å². The van der Waals surface area contributed by atoms with Crippen molar-refractivity contribution in [1.29, 1.82) is 5.26 Å². The van der Waals surface area contributed by atoms with Crippen molar-refractivity contribution in [2.45, 2.75) is 20.3 Å². The van der Waals surface area contributed by atoms with Gasteiger partial charge in [0, 0.05) is 37.1 Å². The number of benzene rings is 1. The lowest BCUT2D eigenvalue weighted by atomic mass is 10.1. The molecule has 2 amide bonds. The predicted molar refractivity (Wildman–Crippen MR) is 105 cm³/mol. The van der Waals surface area contributed by atoms with Crippen molar-refractivity contribution in [1.82, 2.24) is 14.8 Å². The number of halogens is 1. The van der Waals surface area contributed by atoms with Crippen LogP contribution in [-0.2, 0) is 4.74 Å². The summed E-state index contributed by atoms with van der Waals surface area (Å²) in [5, 5.41) is 10.2. The lowest BCUT2D eigenvalue weighted by Crippen LogP contribution is -2.50. The number of aryl methyl sites for hydroxylation is 1. The fourth-order valence-corrected chi connectivity index (χ4v) is 3.50. The molecule has 1 aliphatic rings. The number of hydrogen-bond acceptors (Lipinski definition) is 5. The maximum absolute atomic E-state index is 12.9. The second-order valence-electron chi connectivity index (χ2n) is 6.62. The van der Waals surface area contributed by atoms with Gasteiger partial charge in [0.05, 0.1) is 28.4 Å². The van der Waals surface area contributed by atoms with E-state index in [1.807, 2.05) is 6.92 Å². The molecule has 0 bridgehead atoms. The van der Waals surface area contributed by atoms with Gasteiger partial charge in [-0.2, -0.15) is 5.26 Å². The summed E-state index contributed by atoms with van der Waals surface area (Å²) in [6.07, 6.45) is 0.446. The maximum atomic E-state index is 12.9. The summed E-state index contributed by atoms with van der Waals surface area (Å²) in [5.41, 5.74) is 1.96.